The lowest BCUT2D eigenvalue weighted by Crippen LogP contribution is -2.46. The first-order chi connectivity index (χ1) is 11.8. The van der Waals surface area contributed by atoms with Gasteiger partial charge in [-0.1, -0.05) is 29.8 Å². The molecule has 2 aromatic heterocycles. The largest absolute Gasteiger partial charge is 0.339 e. The summed E-state index contributed by atoms with van der Waals surface area (Å²) < 4.78 is 1.25. The van der Waals surface area contributed by atoms with Gasteiger partial charge in [0.05, 0.1) is 5.02 Å². The first kappa shape index (κ1) is 15.8. The van der Waals surface area contributed by atoms with Crippen LogP contribution in [0.2, 0.25) is 5.02 Å². The number of thiophene rings is 1. The fraction of sp³-hybridized carbons (Fsp3) is 0.333. The van der Waals surface area contributed by atoms with Gasteiger partial charge in [-0.05, 0) is 25.0 Å². The van der Waals surface area contributed by atoms with Crippen LogP contribution in [0.3, 0.4) is 0 Å². The lowest BCUT2D eigenvalue weighted by atomic mass is 10.1. The van der Waals surface area contributed by atoms with Crippen molar-refractivity contribution in [2.45, 2.75) is 25.4 Å². The standard InChI is InChI=1S/C18H19ClN4S/c19-17-14-6-1-2-7-15(14)24-16(17)11-22-13-5-3-10-23(12-13)18-20-8-4-9-21-18/h1-2,4,6-9,13,22H,3,5,10-12H2/t13-/m0/s1. The molecule has 24 heavy (non-hydrogen) atoms. The van der Waals surface area contributed by atoms with Crippen molar-refractivity contribution in [1.82, 2.24) is 15.3 Å². The van der Waals surface area contributed by atoms with E-state index < -0.39 is 0 Å². The Morgan fingerprint density at radius 1 is 1.21 bits per heavy atom. The lowest BCUT2D eigenvalue weighted by molar-refractivity contribution is 0.419. The van der Waals surface area contributed by atoms with Gasteiger partial charge in [-0.25, -0.2) is 9.97 Å². The zero-order valence-corrected chi connectivity index (χ0v) is 14.9. The average Bonchev–Trinajstić information content (AvgIpc) is 2.97. The molecule has 124 valence electrons. The topological polar surface area (TPSA) is 41.0 Å². The number of piperidine rings is 1. The predicted octanol–water partition coefficient (Wildman–Crippen LogP) is 4.10. The molecule has 1 N–H and O–H groups in total. The molecule has 3 aromatic rings. The molecule has 6 heteroatoms. The second-order valence-corrected chi connectivity index (χ2v) is 7.56. The molecule has 1 aromatic carbocycles. The summed E-state index contributed by atoms with van der Waals surface area (Å²) in [4.78, 5) is 12.2. The summed E-state index contributed by atoms with van der Waals surface area (Å²) in [5, 5.41) is 5.72. The van der Waals surface area contributed by atoms with Gasteiger partial charge in [0.2, 0.25) is 5.95 Å². The van der Waals surface area contributed by atoms with Crippen LogP contribution in [0.5, 0.6) is 0 Å². The molecule has 0 amide bonds. The van der Waals surface area contributed by atoms with Crippen LogP contribution in [-0.4, -0.2) is 29.1 Å². The highest BCUT2D eigenvalue weighted by Gasteiger charge is 2.21. The Morgan fingerprint density at radius 3 is 2.88 bits per heavy atom. The van der Waals surface area contributed by atoms with E-state index >= 15 is 0 Å². The van der Waals surface area contributed by atoms with Gasteiger partial charge < -0.3 is 10.2 Å². The number of anilines is 1. The van der Waals surface area contributed by atoms with Crippen LogP contribution in [0.4, 0.5) is 5.95 Å². The summed E-state index contributed by atoms with van der Waals surface area (Å²) in [7, 11) is 0. The third kappa shape index (κ3) is 3.24. The molecular weight excluding hydrogens is 340 g/mol. The fourth-order valence-corrected chi connectivity index (χ4v) is 4.65. The lowest BCUT2D eigenvalue weighted by Gasteiger charge is -2.33. The maximum atomic E-state index is 6.54. The van der Waals surface area contributed by atoms with E-state index in [1.165, 1.54) is 16.0 Å². The van der Waals surface area contributed by atoms with E-state index in [0.29, 0.717) is 6.04 Å². The van der Waals surface area contributed by atoms with Crippen LogP contribution in [-0.2, 0) is 6.54 Å². The average molecular weight is 359 g/mol. The number of hydrogen-bond donors (Lipinski definition) is 1. The number of benzene rings is 1. The Balaban J connectivity index is 1.42. The normalized spacial score (nSPS) is 18.2. The second-order valence-electron chi connectivity index (χ2n) is 6.05. The van der Waals surface area contributed by atoms with Gasteiger partial charge in [0.15, 0.2) is 0 Å². The van der Waals surface area contributed by atoms with E-state index in [9.17, 15) is 0 Å². The number of rotatable bonds is 4. The summed E-state index contributed by atoms with van der Waals surface area (Å²) in [5.41, 5.74) is 0. The van der Waals surface area contributed by atoms with E-state index in [-0.39, 0.29) is 0 Å². The van der Waals surface area contributed by atoms with Gasteiger partial charge in [0.25, 0.3) is 0 Å². The van der Waals surface area contributed by atoms with Crippen molar-refractivity contribution in [2.24, 2.45) is 0 Å². The maximum Gasteiger partial charge on any atom is 0.225 e. The van der Waals surface area contributed by atoms with Crippen LogP contribution in [0, 0.1) is 0 Å². The molecule has 1 saturated heterocycles. The molecule has 0 saturated carbocycles. The zero-order valence-electron chi connectivity index (χ0n) is 13.3. The summed E-state index contributed by atoms with van der Waals surface area (Å²) >= 11 is 8.32. The van der Waals surface area contributed by atoms with Crippen molar-refractivity contribution in [1.29, 1.82) is 0 Å². The van der Waals surface area contributed by atoms with Crippen molar-refractivity contribution in [3.63, 3.8) is 0 Å². The van der Waals surface area contributed by atoms with Gasteiger partial charge in [-0.15, -0.1) is 11.3 Å². The Kier molecular flexibility index (Phi) is 4.65. The van der Waals surface area contributed by atoms with E-state index in [4.69, 9.17) is 11.6 Å². The maximum absolute atomic E-state index is 6.54. The Morgan fingerprint density at radius 2 is 2.04 bits per heavy atom. The predicted molar refractivity (Wildman–Crippen MR) is 101 cm³/mol. The molecule has 3 heterocycles. The highest BCUT2D eigenvalue weighted by atomic mass is 35.5. The van der Waals surface area contributed by atoms with Crippen molar-refractivity contribution >= 4 is 39.0 Å². The van der Waals surface area contributed by atoms with Gasteiger partial charge in [-0.3, -0.25) is 0 Å². The first-order valence-corrected chi connectivity index (χ1v) is 9.42. The first-order valence-electron chi connectivity index (χ1n) is 8.22. The Hall–Kier alpha value is -1.69. The molecule has 0 aliphatic carbocycles. The molecule has 1 aliphatic rings. The molecule has 1 fully saturated rings. The van der Waals surface area contributed by atoms with Gasteiger partial charge in [-0.2, -0.15) is 0 Å². The number of aromatic nitrogens is 2. The van der Waals surface area contributed by atoms with Crippen LogP contribution < -0.4 is 10.2 Å². The summed E-state index contributed by atoms with van der Waals surface area (Å²) in [6.45, 7) is 2.77. The van der Waals surface area contributed by atoms with Crippen LogP contribution in [0.25, 0.3) is 10.1 Å². The van der Waals surface area contributed by atoms with Crippen molar-refractivity contribution in [3.8, 4) is 0 Å². The van der Waals surface area contributed by atoms with E-state index in [1.54, 1.807) is 23.7 Å². The fourth-order valence-electron chi connectivity index (χ4n) is 3.20. The quantitative estimate of drug-likeness (QED) is 0.762. The van der Waals surface area contributed by atoms with Crippen molar-refractivity contribution in [2.75, 3.05) is 18.0 Å². The van der Waals surface area contributed by atoms with Gasteiger partial charge >= 0.3 is 0 Å². The molecule has 4 rings (SSSR count). The van der Waals surface area contributed by atoms with Gasteiger partial charge in [0.1, 0.15) is 0 Å². The smallest absolute Gasteiger partial charge is 0.225 e. The number of hydrogen-bond acceptors (Lipinski definition) is 5. The third-order valence-electron chi connectivity index (χ3n) is 4.41. The minimum absolute atomic E-state index is 0.434. The summed E-state index contributed by atoms with van der Waals surface area (Å²) in [5.74, 6) is 0.823. The number of halogens is 1. The SMILES string of the molecule is Clc1c(CN[C@H]2CCCN(c3ncccn3)C2)sc2ccccc12. The van der Waals surface area contributed by atoms with E-state index in [0.717, 1.165) is 42.4 Å². The number of nitrogens with zero attached hydrogens (tertiary/aromatic N) is 3. The molecule has 0 unspecified atom stereocenters. The van der Waals surface area contributed by atoms with E-state index in [2.05, 4.69) is 38.4 Å². The molecule has 0 bridgehead atoms. The molecule has 1 atom stereocenters. The molecule has 0 spiro atoms. The number of fused-ring (bicyclic) bond motifs is 1. The highest BCUT2D eigenvalue weighted by Crippen LogP contribution is 2.35. The van der Waals surface area contributed by atoms with Crippen LogP contribution in [0.1, 0.15) is 17.7 Å². The third-order valence-corrected chi connectivity index (χ3v) is 6.12. The summed E-state index contributed by atoms with van der Waals surface area (Å²) in [6.07, 6.45) is 5.93. The molecule has 1 aliphatic heterocycles. The highest BCUT2D eigenvalue weighted by molar-refractivity contribution is 7.19. The van der Waals surface area contributed by atoms with E-state index in [1.807, 2.05) is 12.1 Å². The van der Waals surface area contributed by atoms with Crippen molar-refractivity contribution in [3.05, 3.63) is 52.6 Å². The second kappa shape index (κ2) is 7.05. The summed E-state index contributed by atoms with van der Waals surface area (Å²) in [6, 6.07) is 10.6. The van der Waals surface area contributed by atoms with Crippen molar-refractivity contribution < 1.29 is 0 Å². The number of nitrogens with one attached hydrogen (secondary N) is 1. The zero-order chi connectivity index (χ0) is 16.4. The van der Waals surface area contributed by atoms with Crippen LogP contribution in [0.15, 0.2) is 42.7 Å². The van der Waals surface area contributed by atoms with Gasteiger partial charge in [0, 0.05) is 53.0 Å². The minimum atomic E-state index is 0.434. The van der Waals surface area contributed by atoms with Crippen LogP contribution >= 0.6 is 22.9 Å². The Bertz CT molecular complexity index is 820. The minimum Gasteiger partial charge on any atom is -0.339 e. The monoisotopic (exact) mass is 358 g/mol. The molecule has 4 nitrogen and oxygen atoms in total. The molecular formula is C18H19ClN4S. The Labute approximate surface area is 150 Å². The molecule has 0 radical (unpaired) electrons.